The zero-order chi connectivity index (χ0) is 16.8. The summed E-state index contributed by atoms with van der Waals surface area (Å²) in [4.78, 5) is 17.9. The van der Waals surface area contributed by atoms with Gasteiger partial charge in [0.1, 0.15) is 11.4 Å². The van der Waals surface area contributed by atoms with Crippen LogP contribution < -0.4 is 5.32 Å². The van der Waals surface area contributed by atoms with Crippen molar-refractivity contribution < 1.29 is 14.6 Å². The molecule has 1 saturated heterocycles. The Hall–Kier alpha value is -2.44. The number of aromatic carboxylic acids is 1. The van der Waals surface area contributed by atoms with Crippen LogP contribution in [-0.4, -0.2) is 53.8 Å². The highest BCUT2D eigenvalue weighted by atomic mass is 16.5. The molecule has 0 spiro atoms. The second kappa shape index (κ2) is 7.90. The molecule has 0 radical (unpaired) electrons. The van der Waals surface area contributed by atoms with E-state index in [4.69, 9.17) is 4.74 Å². The summed E-state index contributed by atoms with van der Waals surface area (Å²) in [6, 6.07) is 13.6. The number of carboxylic acid groups (broad SMARTS) is 1. The summed E-state index contributed by atoms with van der Waals surface area (Å²) < 4.78 is 5.45. The monoisotopic (exact) mass is 327 g/mol. The number of nitrogens with zero attached hydrogens (tertiary/aromatic N) is 2. The van der Waals surface area contributed by atoms with Crippen LogP contribution in [0.2, 0.25) is 0 Å². The molecule has 126 valence electrons. The van der Waals surface area contributed by atoms with E-state index in [1.165, 1.54) is 5.56 Å². The lowest BCUT2D eigenvalue weighted by Gasteiger charge is -2.35. The van der Waals surface area contributed by atoms with Gasteiger partial charge in [0, 0.05) is 25.8 Å². The molecule has 0 aliphatic carbocycles. The number of morpholine rings is 1. The van der Waals surface area contributed by atoms with Gasteiger partial charge in [0.2, 0.25) is 0 Å². The molecule has 0 amide bonds. The number of rotatable bonds is 6. The molecule has 1 aliphatic heterocycles. The van der Waals surface area contributed by atoms with E-state index < -0.39 is 5.97 Å². The van der Waals surface area contributed by atoms with E-state index in [1.54, 1.807) is 18.3 Å². The Morgan fingerprint density at radius 1 is 1.21 bits per heavy atom. The molecule has 1 fully saturated rings. The molecule has 1 aromatic heterocycles. The van der Waals surface area contributed by atoms with E-state index in [-0.39, 0.29) is 11.6 Å². The molecule has 24 heavy (non-hydrogen) atoms. The number of aromatic nitrogens is 1. The number of benzene rings is 1. The summed E-state index contributed by atoms with van der Waals surface area (Å²) in [5.74, 6) is -0.576. The standard InChI is InChI=1S/C18H21N3O3/c22-18(23)15-7-4-8-19-17(15)20-13-16(14-5-2-1-3-6-14)21-9-11-24-12-10-21/h1-8,16H,9-13H2,(H,19,20)(H,22,23). The van der Waals surface area contributed by atoms with Crippen molar-refractivity contribution in [1.82, 2.24) is 9.88 Å². The van der Waals surface area contributed by atoms with Gasteiger partial charge in [-0.1, -0.05) is 30.3 Å². The predicted octanol–water partition coefficient (Wildman–Crippen LogP) is 2.27. The number of ether oxygens (including phenoxy) is 1. The number of carboxylic acids is 1. The average Bonchev–Trinajstić information content (AvgIpc) is 2.64. The highest BCUT2D eigenvalue weighted by Gasteiger charge is 2.23. The van der Waals surface area contributed by atoms with Crippen molar-refractivity contribution in [2.75, 3.05) is 38.2 Å². The van der Waals surface area contributed by atoms with Gasteiger partial charge < -0.3 is 15.2 Å². The molecule has 2 N–H and O–H groups in total. The van der Waals surface area contributed by atoms with Gasteiger partial charge in [-0.25, -0.2) is 9.78 Å². The summed E-state index contributed by atoms with van der Waals surface area (Å²) in [7, 11) is 0. The van der Waals surface area contributed by atoms with Crippen molar-refractivity contribution in [3.8, 4) is 0 Å². The van der Waals surface area contributed by atoms with E-state index in [0.717, 1.165) is 13.1 Å². The van der Waals surface area contributed by atoms with Gasteiger partial charge in [0.25, 0.3) is 0 Å². The third-order valence-electron chi connectivity index (χ3n) is 4.17. The maximum atomic E-state index is 11.3. The zero-order valence-corrected chi connectivity index (χ0v) is 13.4. The summed E-state index contributed by atoms with van der Waals surface area (Å²) >= 11 is 0. The lowest BCUT2D eigenvalue weighted by Crippen LogP contribution is -2.41. The average molecular weight is 327 g/mol. The third kappa shape index (κ3) is 3.90. The van der Waals surface area contributed by atoms with Crippen LogP contribution in [-0.2, 0) is 4.74 Å². The van der Waals surface area contributed by atoms with E-state index in [1.807, 2.05) is 18.2 Å². The molecule has 2 aromatic rings. The fourth-order valence-electron chi connectivity index (χ4n) is 2.93. The summed E-state index contributed by atoms with van der Waals surface area (Å²) in [6.07, 6.45) is 1.60. The Labute approximate surface area is 141 Å². The SMILES string of the molecule is O=C(O)c1cccnc1NCC(c1ccccc1)N1CCOCC1. The molecule has 6 nitrogen and oxygen atoms in total. The first-order valence-corrected chi connectivity index (χ1v) is 8.04. The molecule has 6 heteroatoms. The van der Waals surface area contributed by atoms with E-state index in [0.29, 0.717) is 25.6 Å². The van der Waals surface area contributed by atoms with Crippen molar-refractivity contribution in [2.24, 2.45) is 0 Å². The first-order chi connectivity index (χ1) is 11.8. The predicted molar refractivity (Wildman–Crippen MR) is 91.3 cm³/mol. The summed E-state index contributed by atoms with van der Waals surface area (Å²) in [5, 5.41) is 12.5. The Bertz CT molecular complexity index is 672. The lowest BCUT2D eigenvalue weighted by molar-refractivity contribution is 0.0187. The van der Waals surface area contributed by atoms with E-state index in [2.05, 4.69) is 27.3 Å². The Balaban J connectivity index is 1.78. The molecule has 1 aliphatic rings. The normalized spacial score (nSPS) is 16.5. The zero-order valence-electron chi connectivity index (χ0n) is 13.4. The van der Waals surface area contributed by atoms with Gasteiger partial charge in [-0.05, 0) is 17.7 Å². The van der Waals surface area contributed by atoms with Crippen LogP contribution in [0.1, 0.15) is 22.0 Å². The molecule has 2 heterocycles. The highest BCUT2D eigenvalue weighted by molar-refractivity contribution is 5.92. The van der Waals surface area contributed by atoms with Crippen LogP contribution in [0.5, 0.6) is 0 Å². The van der Waals surface area contributed by atoms with E-state index in [9.17, 15) is 9.90 Å². The molecule has 1 aromatic carbocycles. The quantitative estimate of drug-likeness (QED) is 0.848. The molecular weight excluding hydrogens is 306 g/mol. The molecule has 1 atom stereocenters. The first kappa shape index (κ1) is 16.4. The number of hydrogen-bond donors (Lipinski definition) is 2. The molecule has 0 saturated carbocycles. The number of nitrogens with one attached hydrogen (secondary N) is 1. The van der Waals surface area contributed by atoms with Gasteiger partial charge in [-0.2, -0.15) is 0 Å². The maximum Gasteiger partial charge on any atom is 0.339 e. The topological polar surface area (TPSA) is 74.7 Å². The van der Waals surface area contributed by atoms with Crippen LogP contribution in [0.15, 0.2) is 48.7 Å². The van der Waals surface area contributed by atoms with Crippen LogP contribution in [0, 0.1) is 0 Å². The van der Waals surface area contributed by atoms with Gasteiger partial charge in [0.15, 0.2) is 0 Å². The van der Waals surface area contributed by atoms with Gasteiger partial charge in [-0.15, -0.1) is 0 Å². The Morgan fingerprint density at radius 2 is 1.96 bits per heavy atom. The Morgan fingerprint density at radius 3 is 2.67 bits per heavy atom. The highest BCUT2D eigenvalue weighted by Crippen LogP contribution is 2.23. The molecule has 1 unspecified atom stereocenters. The molecule has 3 rings (SSSR count). The minimum Gasteiger partial charge on any atom is -0.478 e. The fraction of sp³-hybridized carbons (Fsp3) is 0.333. The minimum atomic E-state index is -0.978. The van der Waals surface area contributed by atoms with Crippen molar-refractivity contribution in [3.63, 3.8) is 0 Å². The van der Waals surface area contributed by atoms with Gasteiger partial charge >= 0.3 is 5.97 Å². The van der Waals surface area contributed by atoms with Crippen molar-refractivity contribution >= 4 is 11.8 Å². The van der Waals surface area contributed by atoms with E-state index >= 15 is 0 Å². The number of hydrogen-bond acceptors (Lipinski definition) is 5. The van der Waals surface area contributed by atoms with Gasteiger partial charge in [0.05, 0.1) is 19.3 Å². The third-order valence-corrected chi connectivity index (χ3v) is 4.17. The van der Waals surface area contributed by atoms with Crippen LogP contribution in [0.3, 0.4) is 0 Å². The second-order valence-corrected chi connectivity index (χ2v) is 5.66. The maximum absolute atomic E-state index is 11.3. The van der Waals surface area contributed by atoms with Gasteiger partial charge in [-0.3, -0.25) is 4.90 Å². The van der Waals surface area contributed by atoms with Crippen LogP contribution in [0.4, 0.5) is 5.82 Å². The van der Waals surface area contributed by atoms with Crippen LogP contribution >= 0.6 is 0 Å². The van der Waals surface area contributed by atoms with Crippen molar-refractivity contribution in [1.29, 1.82) is 0 Å². The largest absolute Gasteiger partial charge is 0.478 e. The molecular formula is C18H21N3O3. The fourth-order valence-corrected chi connectivity index (χ4v) is 2.93. The smallest absolute Gasteiger partial charge is 0.339 e. The Kier molecular flexibility index (Phi) is 5.40. The summed E-state index contributed by atoms with van der Waals surface area (Å²) in [5.41, 5.74) is 1.38. The second-order valence-electron chi connectivity index (χ2n) is 5.66. The molecule has 0 bridgehead atoms. The number of anilines is 1. The minimum absolute atomic E-state index is 0.138. The van der Waals surface area contributed by atoms with Crippen LogP contribution in [0.25, 0.3) is 0 Å². The summed E-state index contributed by atoms with van der Waals surface area (Å²) in [6.45, 7) is 3.73. The van der Waals surface area contributed by atoms with Crippen molar-refractivity contribution in [3.05, 3.63) is 59.8 Å². The van der Waals surface area contributed by atoms with Crippen molar-refractivity contribution in [2.45, 2.75) is 6.04 Å². The first-order valence-electron chi connectivity index (χ1n) is 8.04. The lowest BCUT2D eigenvalue weighted by atomic mass is 10.0. The number of carbonyl (C=O) groups is 1. The number of pyridine rings is 1.